The molecule has 0 radical (unpaired) electrons. The lowest BCUT2D eigenvalue weighted by molar-refractivity contribution is -0.122. The second kappa shape index (κ2) is 5.04. The van der Waals surface area contributed by atoms with Crippen LogP contribution in [-0.4, -0.2) is 42.1 Å². The zero-order valence-electron chi connectivity index (χ0n) is 12.1. The Morgan fingerprint density at radius 1 is 1.29 bits per heavy atom. The van der Waals surface area contributed by atoms with Crippen LogP contribution in [0.2, 0.25) is 0 Å². The average molecular weight is 290 g/mol. The van der Waals surface area contributed by atoms with E-state index in [4.69, 9.17) is 9.47 Å². The SMILES string of the molecule is COc1ccc(COCCC23C(=O)NC(=O)N2C3C)cc1. The van der Waals surface area contributed by atoms with Crippen molar-refractivity contribution in [3.63, 3.8) is 0 Å². The lowest BCUT2D eigenvalue weighted by atomic mass is 10.0. The van der Waals surface area contributed by atoms with Crippen LogP contribution in [-0.2, 0) is 16.1 Å². The van der Waals surface area contributed by atoms with Crippen LogP contribution in [0.4, 0.5) is 4.79 Å². The summed E-state index contributed by atoms with van der Waals surface area (Å²) in [4.78, 5) is 24.9. The monoisotopic (exact) mass is 290 g/mol. The normalized spacial score (nSPS) is 26.6. The van der Waals surface area contributed by atoms with E-state index in [0.29, 0.717) is 19.6 Å². The van der Waals surface area contributed by atoms with Crippen LogP contribution in [0, 0.1) is 0 Å². The molecule has 112 valence electrons. The van der Waals surface area contributed by atoms with E-state index in [1.54, 1.807) is 12.0 Å². The van der Waals surface area contributed by atoms with Crippen molar-refractivity contribution in [2.24, 2.45) is 0 Å². The fourth-order valence-corrected chi connectivity index (χ4v) is 2.98. The highest BCUT2D eigenvalue weighted by Crippen LogP contribution is 2.47. The molecule has 6 heteroatoms. The number of rotatable bonds is 6. The number of nitrogens with zero attached hydrogens (tertiary/aromatic N) is 1. The average Bonchev–Trinajstić information content (AvgIpc) is 3.00. The van der Waals surface area contributed by atoms with Gasteiger partial charge in [0, 0.05) is 13.0 Å². The van der Waals surface area contributed by atoms with Gasteiger partial charge in [-0.05, 0) is 24.6 Å². The summed E-state index contributed by atoms with van der Waals surface area (Å²) < 4.78 is 10.7. The number of ether oxygens (including phenoxy) is 2. The summed E-state index contributed by atoms with van der Waals surface area (Å²) in [5.41, 5.74) is 0.373. The molecule has 1 N–H and O–H groups in total. The number of benzene rings is 1. The lowest BCUT2D eigenvalue weighted by Crippen LogP contribution is -2.36. The molecule has 0 aliphatic carbocycles. The molecule has 1 aromatic carbocycles. The zero-order chi connectivity index (χ0) is 15.0. The first kappa shape index (κ1) is 13.9. The van der Waals surface area contributed by atoms with E-state index >= 15 is 0 Å². The van der Waals surface area contributed by atoms with Crippen LogP contribution in [0.25, 0.3) is 0 Å². The molecule has 21 heavy (non-hydrogen) atoms. The molecule has 6 nitrogen and oxygen atoms in total. The Morgan fingerprint density at radius 2 is 2.00 bits per heavy atom. The first-order chi connectivity index (χ1) is 10.1. The topological polar surface area (TPSA) is 67.6 Å². The largest absolute Gasteiger partial charge is 0.497 e. The molecule has 0 spiro atoms. The summed E-state index contributed by atoms with van der Waals surface area (Å²) in [5, 5.41) is 2.34. The highest BCUT2D eigenvalue weighted by molar-refractivity contribution is 6.12. The molecule has 0 aromatic heterocycles. The summed E-state index contributed by atoms with van der Waals surface area (Å²) in [6, 6.07) is 7.33. The number of methoxy groups -OCH3 is 1. The summed E-state index contributed by atoms with van der Waals surface area (Å²) in [5.74, 6) is 0.606. The maximum atomic E-state index is 11.9. The standard InChI is InChI=1S/C15H18N2O4/c1-10-15(13(18)16-14(19)17(10)15)7-8-21-9-11-3-5-12(20-2)6-4-11/h3-6,10H,7-9H2,1-2H3,(H,16,18,19). The third-order valence-electron chi connectivity index (χ3n) is 4.33. The van der Waals surface area contributed by atoms with Gasteiger partial charge in [0.25, 0.3) is 5.91 Å². The minimum atomic E-state index is -0.670. The smallest absolute Gasteiger partial charge is 0.325 e. The van der Waals surface area contributed by atoms with Crippen LogP contribution in [0.5, 0.6) is 5.75 Å². The Kier molecular flexibility index (Phi) is 3.33. The minimum Gasteiger partial charge on any atom is -0.497 e. The Morgan fingerprint density at radius 3 is 2.57 bits per heavy atom. The zero-order valence-corrected chi connectivity index (χ0v) is 12.1. The van der Waals surface area contributed by atoms with Gasteiger partial charge in [-0.1, -0.05) is 12.1 Å². The van der Waals surface area contributed by atoms with Gasteiger partial charge in [-0.2, -0.15) is 0 Å². The number of hydrogen-bond donors (Lipinski definition) is 1. The van der Waals surface area contributed by atoms with Crippen molar-refractivity contribution in [3.05, 3.63) is 29.8 Å². The highest BCUT2D eigenvalue weighted by Gasteiger charge is 2.72. The molecule has 0 saturated carbocycles. The number of hydrogen-bond acceptors (Lipinski definition) is 4. The molecule has 2 aliphatic rings. The Hall–Kier alpha value is -2.08. The Bertz CT molecular complexity index is 572. The Labute approximate surface area is 123 Å². The predicted molar refractivity (Wildman–Crippen MR) is 74.8 cm³/mol. The van der Waals surface area contributed by atoms with E-state index < -0.39 is 5.54 Å². The third-order valence-corrected chi connectivity index (χ3v) is 4.33. The fraction of sp³-hybridized carbons (Fsp3) is 0.467. The van der Waals surface area contributed by atoms with Gasteiger partial charge in [0.1, 0.15) is 11.3 Å². The van der Waals surface area contributed by atoms with Gasteiger partial charge in [-0.25, -0.2) is 4.79 Å². The molecule has 2 saturated heterocycles. The number of carbonyl (C=O) groups excluding carboxylic acids is 2. The van der Waals surface area contributed by atoms with E-state index in [-0.39, 0.29) is 18.0 Å². The Balaban J connectivity index is 1.49. The molecule has 2 unspecified atom stereocenters. The van der Waals surface area contributed by atoms with E-state index in [0.717, 1.165) is 11.3 Å². The van der Waals surface area contributed by atoms with Gasteiger partial charge in [0.15, 0.2) is 0 Å². The van der Waals surface area contributed by atoms with Crippen LogP contribution < -0.4 is 10.1 Å². The molecule has 2 atom stereocenters. The van der Waals surface area contributed by atoms with Gasteiger partial charge in [-0.3, -0.25) is 10.1 Å². The molecular formula is C15H18N2O4. The minimum absolute atomic E-state index is 0.0247. The maximum Gasteiger partial charge on any atom is 0.325 e. The van der Waals surface area contributed by atoms with Gasteiger partial charge in [0.2, 0.25) is 0 Å². The van der Waals surface area contributed by atoms with Crippen LogP contribution >= 0.6 is 0 Å². The predicted octanol–water partition coefficient (Wildman–Crippen LogP) is 1.29. The lowest BCUT2D eigenvalue weighted by Gasteiger charge is -2.09. The summed E-state index contributed by atoms with van der Waals surface area (Å²) >= 11 is 0. The van der Waals surface area contributed by atoms with Crippen molar-refractivity contribution in [2.45, 2.75) is 31.5 Å². The van der Waals surface area contributed by atoms with Gasteiger partial charge >= 0.3 is 6.03 Å². The first-order valence-electron chi connectivity index (χ1n) is 6.95. The van der Waals surface area contributed by atoms with Crippen molar-refractivity contribution in [1.82, 2.24) is 10.2 Å². The quantitative estimate of drug-likeness (QED) is 0.487. The van der Waals surface area contributed by atoms with Crippen LogP contribution in [0.15, 0.2) is 24.3 Å². The van der Waals surface area contributed by atoms with E-state index in [1.807, 2.05) is 31.2 Å². The van der Waals surface area contributed by atoms with Crippen molar-refractivity contribution >= 4 is 11.9 Å². The summed E-state index contributed by atoms with van der Waals surface area (Å²) in [6.07, 6.45) is 0.530. The van der Waals surface area contributed by atoms with E-state index in [1.165, 1.54) is 0 Å². The van der Waals surface area contributed by atoms with Crippen molar-refractivity contribution < 1.29 is 19.1 Å². The van der Waals surface area contributed by atoms with Crippen molar-refractivity contribution in [3.8, 4) is 5.75 Å². The fourth-order valence-electron chi connectivity index (χ4n) is 2.98. The van der Waals surface area contributed by atoms with Crippen LogP contribution in [0.3, 0.4) is 0 Å². The van der Waals surface area contributed by atoms with Crippen LogP contribution in [0.1, 0.15) is 18.9 Å². The number of nitrogens with one attached hydrogen (secondary N) is 1. The van der Waals surface area contributed by atoms with Crippen molar-refractivity contribution in [2.75, 3.05) is 13.7 Å². The van der Waals surface area contributed by atoms with Crippen molar-refractivity contribution in [1.29, 1.82) is 0 Å². The van der Waals surface area contributed by atoms with Gasteiger partial charge < -0.3 is 14.4 Å². The highest BCUT2D eigenvalue weighted by atomic mass is 16.5. The van der Waals surface area contributed by atoms with Gasteiger partial charge in [0.05, 0.1) is 19.8 Å². The third kappa shape index (κ3) is 2.15. The first-order valence-corrected chi connectivity index (χ1v) is 6.95. The number of carbonyl (C=O) groups is 2. The molecule has 3 amide bonds. The molecule has 2 aliphatic heterocycles. The molecule has 2 fully saturated rings. The number of amides is 3. The maximum absolute atomic E-state index is 11.9. The molecule has 1 aromatic rings. The van der Waals surface area contributed by atoms with E-state index in [2.05, 4.69) is 5.32 Å². The van der Waals surface area contributed by atoms with Gasteiger partial charge in [-0.15, -0.1) is 0 Å². The van der Waals surface area contributed by atoms with E-state index in [9.17, 15) is 9.59 Å². The number of urea groups is 1. The molecule has 3 rings (SSSR count). The number of fused-ring (bicyclic) bond motifs is 1. The number of imide groups is 1. The summed E-state index contributed by atoms with van der Waals surface area (Å²) in [6.45, 7) is 2.80. The molecule has 2 heterocycles. The molecular weight excluding hydrogens is 272 g/mol. The second-order valence-electron chi connectivity index (χ2n) is 5.38. The summed E-state index contributed by atoms with van der Waals surface area (Å²) in [7, 11) is 1.63. The molecule has 0 bridgehead atoms. The second-order valence-corrected chi connectivity index (χ2v) is 5.38.